The Morgan fingerprint density at radius 3 is 2.73 bits per heavy atom. The Balaban J connectivity index is 1.62. The van der Waals surface area contributed by atoms with Crippen molar-refractivity contribution in [1.82, 2.24) is 4.98 Å². The molecule has 4 rings (SSSR count). The second kappa shape index (κ2) is 5.13. The average Bonchev–Trinajstić information content (AvgIpc) is 3.12. The fourth-order valence-electron chi connectivity index (χ4n) is 3.04. The molecule has 2 atom stereocenters. The maximum atomic E-state index is 5.94. The van der Waals surface area contributed by atoms with E-state index in [-0.39, 0.29) is 0 Å². The van der Waals surface area contributed by atoms with E-state index in [1.807, 2.05) is 24.3 Å². The molecular formula is C20H19NO. The van der Waals surface area contributed by atoms with Crippen molar-refractivity contribution >= 4 is 16.7 Å². The topological polar surface area (TPSA) is 26.0 Å². The summed E-state index contributed by atoms with van der Waals surface area (Å²) in [6, 6.07) is 16.5. The van der Waals surface area contributed by atoms with Crippen molar-refractivity contribution in [3.63, 3.8) is 0 Å². The Labute approximate surface area is 130 Å². The van der Waals surface area contributed by atoms with Gasteiger partial charge in [0.2, 0.25) is 0 Å². The van der Waals surface area contributed by atoms with Gasteiger partial charge in [-0.25, -0.2) is 4.98 Å². The Morgan fingerprint density at radius 1 is 1.23 bits per heavy atom. The van der Waals surface area contributed by atoms with Crippen molar-refractivity contribution < 1.29 is 4.42 Å². The second-order valence-corrected chi connectivity index (χ2v) is 6.30. The van der Waals surface area contributed by atoms with Crippen LogP contribution in [0.5, 0.6) is 0 Å². The highest BCUT2D eigenvalue weighted by Crippen LogP contribution is 2.47. The molecule has 0 amide bonds. The Bertz CT molecular complexity index is 831. The Morgan fingerprint density at radius 2 is 2.00 bits per heavy atom. The number of aromatic nitrogens is 1. The van der Waals surface area contributed by atoms with Gasteiger partial charge in [0.15, 0.2) is 11.5 Å². The first-order valence-corrected chi connectivity index (χ1v) is 7.83. The molecular weight excluding hydrogens is 270 g/mol. The van der Waals surface area contributed by atoms with Crippen LogP contribution in [0.15, 0.2) is 59.5 Å². The summed E-state index contributed by atoms with van der Waals surface area (Å²) in [4.78, 5) is 4.59. The minimum Gasteiger partial charge on any atom is -0.440 e. The zero-order valence-corrected chi connectivity index (χ0v) is 12.8. The van der Waals surface area contributed by atoms with Gasteiger partial charge in [0.25, 0.3) is 0 Å². The van der Waals surface area contributed by atoms with Crippen LogP contribution in [0.4, 0.5) is 0 Å². The molecule has 0 bridgehead atoms. The third kappa shape index (κ3) is 2.45. The highest BCUT2D eigenvalue weighted by atomic mass is 16.3. The van der Waals surface area contributed by atoms with E-state index in [2.05, 4.69) is 42.8 Å². The van der Waals surface area contributed by atoms with Crippen molar-refractivity contribution in [3.8, 4) is 0 Å². The number of nitrogens with zero attached hydrogens (tertiary/aromatic N) is 1. The SMILES string of the molecule is C=C(c1ccc2nc(Cc3ccccc3)oc2c1)C1CC1C. The number of rotatable bonds is 4. The first-order chi connectivity index (χ1) is 10.7. The molecule has 0 aliphatic heterocycles. The number of hydrogen-bond donors (Lipinski definition) is 0. The van der Waals surface area contributed by atoms with Gasteiger partial charge in [-0.3, -0.25) is 0 Å². The predicted molar refractivity (Wildman–Crippen MR) is 89.6 cm³/mol. The minimum atomic E-state index is 0.643. The molecule has 1 heterocycles. The number of allylic oxidation sites excluding steroid dienone is 1. The van der Waals surface area contributed by atoms with Gasteiger partial charge in [-0.05, 0) is 47.1 Å². The van der Waals surface area contributed by atoms with Crippen LogP contribution in [-0.4, -0.2) is 4.98 Å². The van der Waals surface area contributed by atoms with Gasteiger partial charge in [0.1, 0.15) is 5.52 Å². The smallest absolute Gasteiger partial charge is 0.199 e. The van der Waals surface area contributed by atoms with Gasteiger partial charge in [0.05, 0.1) is 0 Å². The van der Waals surface area contributed by atoms with Gasteiger partial charge in [-0.2, -0.15) is 0 Å². The summed E-state index contributed by atoms with van der Waals surface area (Å²) < 4.78 is 5.94. The number of hydrogen-bond acceptors (Lipinski definition) is 2. The molecule has 0 spiro atoms. The van der Waals surface area contributed by atoms with Crippen LogP contribution >= 0.6 is 0 Å². The summed E-state index contributed by atoms with van der Waals surface area (Å²) >= 11 is 0. The Hall–Kier alpha value is -2.35. The first kappa shape index (κ1) is 13.3. The van der Waals surface area contributed by atoms with Crippen LogP contribution in [0.2, 0.25) is 0 Å². The maximum Gasteiger partial charge on any atom is 0.199 e. The average molecular weight is 289 g/mol. The van der Waals surface area contributed by atoms with E-state index in [1.165, 1.54) is 23.1 Å². The summed E-state index contributed by atoms with van der Waals surface area (Å²) in [6.45, 7) is 6.54. The summed E-state index contributed by atoms with van der Waals surface area (Å²) in [6.07, 6.45) is 1.98. The van der Waals surface area contributed by atoms with E-state index in [4.69, 9.17) is 4.42 Å². The van der Waals surface area contributed by atoms with Gasteiger partial charge in [-0.15, -0.1) is 0 Å². The van der Waals surface area contributed by atoms with Crippen molar-refractivity contribution in [3.05, 3.63) is 72.1 Å². The van der Waals surface area contributed by atoms with Crippen LogP contribution in [0.3, 0.4) is 0 Å². The number of fused-ring (bicyclic) bond motifs is 1. The molecule has 2 heteroatoms. The first-order valence-electron chi connectivity index (χ1n) is 7.83. The molecule has 1 saturated carbocycles. The molecule has 1 aliphatic rings. The van der Waals surface area contributed by atoms with E-state index in [0.717, 1.165) is 29.3 Å². The van der Waals surface area contributed by atoms with Crippen LogP contribution in [0.25, 0.3) is 16.7 Å². The molecule has 1 fully saturated rings. The fraction of sp³-hybridized carbons (Fsp3) is 0.250. The molecule has 2 aromatic carbocycles. The van der Waals surface area contributed by atoms with Gasteiger partial charge in [-0.1, -0.05) is 49.9 Å². The lowest BCUT2D eigenvalue weighted by molar-refractivity contribution is 0.544. The predicted octanol–water partition coefficient (Wildman–Crippen LogP) is 5.09. The summed E-state index contributed by atoms with van der Waals surface area (Å²) in [7, 11) is 0. The van der Waals surface area contributed by atoms with Crippen molar-refractivity contribution in [2.75, 3.05) is 0 Å². The third-order valence-corrected chi connectivity index (χ3v) is 4.56. The van der Waals surface area contributed by atoms with Gasteiger partial charge < -0.3 is 4.42 Å². The molecule has 0 radical (unpaired) electrons. The zero-order valence-electron chi connectivity index (χ0n) is 12.8. The summed E-state index contributed by atoms with van der Waals surface area (Å²) in [5.41, 5.74) is 5.41. The summed E-state index contributed by atoms with van der Waals surface area (Å²) in [5, 5.41) is 0. The molecule has 2 nitrogen and oxygen atoms in total. The highest BCUT2D eigenvalue weighted by molar-refractivity contribution is 5.80. The minimum absolute atomic E-state index is 0.643. The molecule has 1 aromatic heterocycles. The zero-order chi connectivity index (χ0) is 15.1. The van der Waals surface area contributed by atoms with Crippen molar-refractivity contribution in [2.24, 2.45) is 11.8 Å². The fourth-order valence-corrected chi connectivity index (χ4v) is 3.04. The molecule has 3 aromatic rings. The van der Waals surface area contributed by atoms with Gasteiger partial charge in [0, 0.05) is 6.42 Å². The number of benzene rings is 2. The van der Waals surface area contributed by atoms with E-state index < -0.39 is 0 Å². The lowest BCUT2D eigenvalue weighted by atomic mass is 10.0. The largest absolute Gasteiger partial charge is 0.440 e. The van der Waals surface area contributed by atoms with Crippen LogP contribution < -0.4 is 0 Å². The third-order valence-electron chi connectivity index (χ3n) is 4.56. The number of oxazole rings is 1. The quantitative estimate of drug-likeness (QED) is 0.668. The van der Waals surface area contributed by atoms with E-state index in [1.54, 1.807) is 0 Å². The van der Waals surface area contributed by atoms with Crippen LogP contribution in [-0.2, 0) is 6.42 Å². The van der Waals surface area contributed by atoms with Gasteiger partial charge >= 0.3 is 0 Å². The monoisotopic (exact) mass is 289 g/mol. The maximum absolute atomic E-state index is 5.94. The lowest BCUT2D eigenvalue weighted by Gasteiger charge is -2.03. The van der Waals surface area contributed by atoms with E-state index in [9.17, 15) is 0 Å². The molecule has 0 saturated heterocycles. The molecule has 22 heavy (non-hydrogen) atoms. The molecule has 2 unspecified atom stereocenters. The standard InChI is InChI=1S/C20H19NO/c1-13-10-17(13)14(2)16-8-9-18-19(12-16)22-20(21-18)11-15-6-4-3-5-7-15/h3-9,12-13,17H,2,10-11H2,1H3. The van der Waals surface area contributed by atoms with E-state index >= 15 is 0 Å². The molecule has 0 N–H and O–H groups in total. The van der Waals surface area contributed by atoms with E-state index in [0.29, 0.717) is 5.92 Å². The van der Waals surface area contributed by atoms with Crippen molar-refractivity contribution in [2.45, 2.75) is 19.8 Å². The lowest BCUT2D eigenvalue weighted by Crippen LogP contribution is -1.86. The second-order valence-electron chi connectivity index (χ2n) is 6.30. The molecule has 110 valence electrons. The Kier molecular flexibility index (Phi) is 3.11. The van der Waals surface area contributed by atoms with Crippen LogP contribution in [0, 0.1) is 11.8 Å². The normalized spacial score (nSPS) is 20.2. The van der Waals surface area contributed by atoms with Crippen LogP contribution in [0.1, 0.15) is 30.4 Å². The molecule has 1 aliphatic carbocycles. The summed E-state index contributed by atoms with van der Waals surface area (Å²) in [5.74, 6) is 2.18. The van der Waals surface area contributed by atoms with Crippen molar-refractivity contribution in [1.29, 1.82) is 0 Å². The highest BCUT2D eigenvalue weighted by Gasteiger charge is 2.35.